The van der Waals surface area contributed by atoms with E-state index in [0.29, 0.717) is 32.8 Å². The number of carbonyl (C=O) groups excluding carboxylic acids is 2. The Morgan fingerprint density at radius 1 is 1.12 bits per heavy atom. The van der Waals surface area contributed by atoms with E-state index >= 15 is 0 Å². The summed E-state index contributed by atoms with van der Waals surface area (Å²) in [5.41, 5.74) is 1.92. The zero-order chi connectivity index (χ0) is 23.3. The van der Waals surface area contributed by atoms with Gasteiger partial charge < -0.3 is 19.5 Å². The molecule has 7 nitrogen and oxygen atoms in total. The number of halogens is 2. The molecule has 0 fully saturated rings. The van der Waals surface area contributed by atoms with E-state index < -0.39 is 18.0 Å². The zero-order valence-electron chi connectivity index (χ0n) is 17.9. The molecule has 9 heteroatoms. The zero-order valence-corrected chi connectivity index (χ0v) is 19.4. The number of amides is 2. The third-order valence-corrected chi connectivity index (χ3v) is 5.48. The average Bonchev–Trinajstić information content (AvgIpc) is 3.12. The smallest absolute Gasteiger partial charge is 0.328 e. The van der Waals surface area contributed by atoms with Gasteiger partial charge in [-0.15, -0.1) is 0 Å². The number of nitrogens with one attached hydrogen (secondary N) is 1. The van der Waals surface area contributed by atoms with Crippen LogP contribution in [0.15, 0.2) is 53.1 Å². The van der Waals surface area contributed by atoms with Gasteiger partial charge in [0, 0.05) is 12.1 Å². The highest BCUT2D eigenvalue weighted by Crippen LogP contribution is 2.39. The summed E-state index contributed by atoms with van der Waals surface area (Å²) >= 11 is 12.7. The van der Waals surface area contributed by atoms with Crippen LogP contribution in [0.1, 0.15) is 25.2 Å². The number of esters is 1. The number of nitrogens with zero attached hydrogens (tertiary/aromatic N) is 2. The SMILES string of the molecule is CCOC(=O)C(C)N(Cc1ccccc1)C(=O)Nc1c(-c2c(Cl)cccc2Cl)noc1C. The summed E-state index contributed by atoms with van der Waals surface area (Å²) in [5, 5.41) is 7.59. The second kappa shape index (κ2) is 10.5. The number of rotatable bonds is 7. The minimum atomic E-state index is -0.831. The number of hydrogen-bond acceptors (Lipinski definition) is 5. The largest absolute Gasteiger partial charge is 0.464 e. The van der Waals surface area contributed by atoms with E-state index in [2.05, 4.69) is 10.5 Å². The lowest BCUT2D eigenvalue weighted by Crippen LogP contribution is -2.45. The molecule has 3 rings (SSSR count). The summed E-state index contributed by atoms with van der Waals surface area (Å²) < 4.78 is 10.4. The molecule has 2 aromatic carbocycles. The number of ether oxygens (including phenoxy) is 1. The van der Waals surface area contributed by atoms with Crippen LogP contribution in [-0.4, -0.2) is 34.7 Å². The Balaban J connectivity index is 1.94. The molecule has 32 heavy (non-hydrogen) atoms. The van der Waals surface area contributed by atoms with Gasteiger partial charge in [0.2, 0.25) is 0 Å². The van der Waals surface area contributed by atoms with E-state index in [0.717, 1.165) is 5.56 Å². The van der Waals surface area contributed by atoms with Gasteiger partial charge in [0.25, 0.3) is 0 Å². The second-order valence-corrected chi connectivity index (χ2v) is 7.85. The normalized spacial score (nSPS) is 11.7. The fourth-order valence-corrected chi connectivity index (χ4v) is 3.72. The minimum absolute atomic E-state index is 0.194. The van der Waals surface area contributed by atoms with Crippen LogP contribution in [0.4, 0.5) is 10.5 Å². The van der Waals surface area contributed by atoms with Gasteiger partial charge >= 0.3 is 12.0 Å². The van der Waals surface area contributed by atoms with Crippen molar-refractivity contribution in [2.75, 3.05) is 11.9 Å². The molecule has 0 aliphatic carbocycles. The molecule has 0 saturated carbocycles. The van der Waals surface area contributed by atoms with Crippen molar-refractivity contribution in [2.45, 2.75) is 33.4 Å². The maximum atomic E-state index is 13.3. The molecule has 1 aromatic heterocycles. The molecule has 1 N–H and O–H groups in total. The van der Waals surface area contributed by atoms with E-state index in [1.165, 1.54) is 4.90 Å². The van der Waals surface area contributed by atoms with Crippen molar-refractivity contribution in [3.63, 3.8) is 0 Å². The Hall–Kier alpha value is -3.03. The Bertz CT molecular complexity index is 1080. The summed E-state index contributed by atoms with van der Waals surface area (Å²) in [5.74, 6) is -0.136. The summed E-state index contributed by atoms with van der Waals surface area (Å²) in [7, 11) is 0. The molecule has 2 amide bonds. The third-order valence-electron chi connectivity index (χ3n) is 4.85. The number of anilines is 1. The van der Waals surface area contributed by atoms with Crippen LogP contribution in [0, 0.1) is 6.92 Å². The second-order valence-electron chi connectivity index (χ2n) is 7.03. The maximum Gasteiger partial charge on any atom is 0.328 e. The summed E-state index contributed by atoms with van der Waals surface area (Å²) in [4.78, 5) is 27.1. The Labute approximate surface area is 196 Å². The van der Waals surface area contributed by atoms with E-state index in [1.54, 1.807) is 39.0 Å². The molecule has 1 atom stereocenters. The first-order chi connectivity index (χ1) is 15.3. The molecule has 0 bridgehead atoms. The summed E-state index contributed by atoms with van der Waals surface area (Å²) in [6, 6.07) is 13.0. The number of aromatic nitrogens is 1. The fourth-order valence-electron chi connectivity index (χ4n) is 3.15. The first-order valence-electron chi connectivity index (χ1n) is 10.0. The van der Waals surface area contributed by atoms with Crippen molar-refractivity contribution in [2.24, 2.45) is 0 Å². The fraction of sp³-hybridized carbons (Fsp3) is 0.261. The molecule has 0 spiro atoms. The lowest BCUT2D eigenvalue weighted by molar-refractivity contribution is -0.147. The molecule has 0 saturated heterocycles. The van der Waals surface area contributed by atoms with Crippen LogP contribution in [0.25, 0.3) is 11.3 Å². The minimum Gasteiger partial charge on any atom is -0.464 e. The van der Waals surface area contributed by atoms with Gasteiger partial charge in [-0.1, -0.05) is 64.8 Å². The van der Waals surface area contributed by atoms with E-state index in [1.807, 2.05) is 30.3 Å². The summed E-state index contributed by atoms with van der Waals surface area (Å²) in [6.07, 6.45) is 0. The van der Waals surface area contributed by atoms with Crippen molar-refractivity contribution in [1.82, 2.24) is 10.1 Å². The molecular weight excluding hydrogens is 453 g/mol. The van der Waals surface area contributed by atoms with Crippen LogP contribution in [0.2, 0.25) is 10.0 Å². The quantitative estimate of drug-likeness (QED) is 0.427. The van der Waals surface area contributed by atoms with Gasteiger partial charge in [0.05, 0.1) is 16.7 Å². The van der Waals surface area contributed by atoms with Gasteiger partial charge in [-0.2, -0.15) is 0 Å². The predicted octanol–water partition coefficient (Wildman–Crippen LogP) is 5.94. The number of hydrogen-bond donors (Lipinski definition) is 1. The monoisotopic (exact) mass is 475 g/mol. The maximum absolute atomic E-state index is 13.3. The Morgan fingerprint density at radius 2 is 1.78 bits per heavy atom. The molecule has 168 valence electrons. The Kier molecular flexibility index (Phi) is 7.77. The summed E-state index contributed by atoms with van der Waals surface area (Å²) in [6.45, 7) is 5.40. The van der Waals surface area contributed by atoms with Crippen molar-refractivity contribution in [3.8, 4) is 11.3 Å². The molecule has 0 aliphatic rings. The van der Waals surface area contributed by atoms with Crippen molar-refractivity contribution >= 4 is 40.9 Å². The Morgan fingerprint density at radius 3 is 2.41 bits per heavy atom. The van der Waals surface area contributed by atoms with E-state index in [9.17, 15) is 9.59 Å². The topological polar surface area (TPSA) is 84.7 Å². The highest BCUT2D eigenvalue weighted by Gasteiger charge is 2.29. The van der Waals surface area contributed by atoms with Crippen molar-refractivity contribution in [3.05, 3.63) is 69.9 Å². The lowest BCUT2D eigenvalue weighted by Gasteiger charge is -2.28. The van der Waals surface area contributed by atoms with Crippen LogP contribution < -0.4 is 5.32 Å². The number of benzene rings is 2. The van der Waals surface area contributed by atoms with Crippen LogP contribution in [0.3, 0.4) is 0 Å². The number of aryl methyl sites for hydroxylation is 1. The highest BCUT2D eigenvalue weighted by atomic mass is 35.5. The van der Waals surface area contributed by atoms with Gasteiger partial charge in [0.15, 0.2) is 5.76 Å². The average molecular weight is 476 g/mol. The first kappa shape index (κ1) is 23.6. The third kappa shape index (κ3) is 5.23. The van der Waals surface area contributed by atoms with Crippen LogP contribution in [-0.2, 0) is 16.1 Å². The molecule has 1 unspecified atom stereocenters. The molecule has 1 heterocycles. The van der Waals surface area contributed by atoms with Gasteiger partial charge in [-0.25, -0.2) is 9.59 Å². The van der Waals surface area contributed by atoms with Crippen molar-refractivity contribution < 1.29 is 18.8 Å². The van der Waals surface area contributed by atoms with Gasteiger partial charge in [-0.3, -0.25) is 0 Å². The standard InChI is InChI=1S/C23H23Cl2N3O4/c1-4-31-22(29)14(2)28(13-16-9-6-5-7-10-16)23(30)26-20-15(3)32-27-21(20)19-17(24)11-8-12-18(19)25/h5-12,14H,4,13H2,1-3H3,(H,26,30). The highest BCUT2D eigenvalue weighted by molar-refractivity contribution is 6.39. The van der Waals surface area contributed by atoms with Gasteiger partial charge in [0.1, 0.15) is 17.4 Å². The predicted molar refractivity (Wildman–Crippen MR) is 124 cm³/mol. The van der Waals surface area contributed by atoms with E-state index in [4.69, 9.17) is 32.5 Å². The first-order valence-corrected chi connectivity index (χ1v) is 10.8. The van der Waals surface area contributed by atoms with Crippen molar-refractivity contribution in [1.29, 1.82) is 0 Å². The lowest BCUT2D eigenvalue weighted by atomic mass is 10.1. The molecule has 0 aliphatic heterocycles. The van der Waals surface area contributed by atoms with E-state index in [-0.39, 0.29) is 13.2 Å². The van der Waals surface area contributed by atoms with Crippen LogP contribution >= 0.6 is 23.2 Å². The van der Waals surface area contributed by atoms with Gasteiger partial charge in [-0.05, 0) is 38.5 Å². The number of urea groups is 1. The molecule has 3 aromatic rings. The number of carbonyl (C=O) groups is 2. The molecule has 0 radical (unpaired) electrons. The molecular formula is C23H23Cl2N3O4. The van der Waals surface area contributed by atoms with Crippen LogP contribution in [0.5, 0.6) is 0 Å².